The molecule has 0 aliphatic rings. The van der Waals surface area contributed by atoms with Crippen molar-refractivity contribution in [1.82, 2.24) is 9.78 Å². The molecular weight excluding hydrogens is 232 g/mol. The molecule has 0 saturated carbocycles. The maximum atomic E-state index is 11.1. The Morgan fingerprint density at radius 3 is 2.56 bits per heavy atom. The fourth-order valence-electron chi connectivity index (χ4n) is 2.26. The fraction of sp³-hybridized carbons (Fsp3) is 0.750. The van der Waals surface area contributed by atoms with Crippen LogP contribution in [0.3, 0.4) is 0 Å². The number of nitrogens with two attached hydrogens (primary N) is 1. The Bertz CT molecular complexity index is 426. The molecule has 0 spiro atoms. The van der Waals surface area contributed by atoms with Crippen LogP contribution >= 0.6 is 0 Å². The minimum atomic E-state index is -0.355. The molecule has 0 saturated heterocycles. The van der Waals surface area contributed by atoms with Gasteiger partial charge in [0.1, 0.15) is 11.4 Å². The van der Waals surface area contributed by atoms with E-state index < -0.39 is 0 Å². The summed E-state index contributed by atoms with van der Waals surface area (Å²) in [5.74, 6) is 0.484. The van der Waals surface area contributed by atoms with E-state index in [0.29, 0.717) is 30.3 Å². The summed E-state index contributed by atoms with van der Waals surface area (Å²) in [5.41, 5.74) is 7.28. The van der Waals surface area contributed by atoms with Crippen molar-refractivity contribution in [3.8, 4) is 0 Å². The van der Waals surface area contributed by atoms with Crippen LogP contribution in [0.15, 0.2) is 0 Å². The molecule has 0 amide bonds. The molecule has 0 bridgehead atoms. The zero-order valence-corrected chi connectivity index (χ0v) is 11.5. The minimum Gasteiger partial charge on any atom is -0.327 e. The van der Waals surface area contributed by atoms with E-state index in [1.807, 2.05) is 6.92 Å². The molecular formula is C12H22N4O2. The molecule has 0 radical (unpaired) electrons. The summed E-state index contributed by atoms with van der Waals surface area (Å²) in [6, 6.07) is -0.0647. The number of hydrogen-bond acceptors (Lipinski definition) is 4. The van der Waals surface area contributed by atoms with Gasteiger partial charge in [0, 0.05) is 19.0 Å². The van der Waals surface area contributed by atoms with Crippen LogP contribution in [0.1, 0.15) is 38.6 Å². The third-order valence-corrected chi connectivity index (χ3v) is 2.91. The predicted octanol–water partition coefficient (Wildman–Crippen LogP) is 2.04. The maximum Gasteiger partial charge on any atom is 0.313 e. The van der Waals surface area contributed by atoms with E-state index in [4.69, 9.17) is 5.73 Å². The highest BCUT2D eigenvalue weighted by Crippen LogP contribution is 2.24. The van der Waals surface area contributed by atoms with Crippen LogP contribution in [0.4, 0.5) is 5.69 Å². The number of aromatic nitrogens is 2. The topological polar surface area (TPSA) is 87.0 Å². The Balaban J connectivity index is 3.02. The van der Waals surface area contributed by atoms with Crippen LogP contribution in [-0.4, -0.2) is 20.7 Å². The summed E-state index contributed by atoms with van der Waals surface area (Å²) in [4.78, 5) is 10.7. The number of rotatable bonds is 6. The highest BCUT2D eigenvalue weighted by atomic mass is 16.6. The van der Waals surface area contributed by atoms with Crippen molar-refractivity contribution in [1.29, 1.82) is 0 Å². The molecule has 6 nitrogen and oxygen atoms in total. The Kier molecular flexibility index (Phi) is 4.84. The molecule has 18 heavy (non-hydrogen) atoms. The average Bonchev–Trinajstić information content (AvgIpc) is 2.53. The first kappa shape index (κ1) is 14.6. The summed E-state index contributed by atoms with van der Waals surface area (Å²) < 4.78 is 1.69. The molecule has 6 heteroatoms. The van der Waals surface area contributed by atoms with Gasteiger partial charge in [-0.2, -0.15) is 5.10 Å². The SMILES string of the molecule is CCn1nc(C)c([N+](=O)[O-])c1CC(N)CC(C)C. The smallest absolute Gasteiger partial charge is 0.313 e. The summed E-state index contributed by atoms with van der Waals surface area (Å²) in [7, 11) is 0. The monoisotopic (exact) mass is 254 g/mol. The van der Waals surface area contributed by atoms with E-state index in [-0.39, 0.29) is 16.7 Å². The molecule has 2 N–H and O–H groups in total. The summed E-state index contributed by atoms with van der Waals surface area (Å²) in [5, 5.41) is 15.3. The first-order valence-electron chi connectivity index (χ1n) is 6.33. The molecule has 0 aromatic carbocycles. The lowest BCUT2D eigenvalue weighted by molar-refractivity contribution is -0.386. The highest BCUT2D eigenvalue weighted by Gasteiger charge is 2.25. The zero-order chi connectivity index (χ0) is 13.9. The molecule has 1 aromatic heterocycles. The van der Waals surface area contributed by atoms with Gasteiger partial charge in [-0.25, -0.2) is 0 Å². The lowest BCUT2D eigenvalue weighted by atomic mass is 10.00. The molecule has 1 unspecified atom stereocenters. The van der Waals surface area contributed by atoms with Crippen LogP contribution in [0, 0.1) is 23.0 Å². The Morgan fingerprint density at radius 2 is 2.11 bits per heavy atom. The second-order valence-corrected chi connectivity index (χ2v) is 5.05. The largest absolute Gasteiger partial charge is 0.327 e. The molecule has 0 fully saturated rings. The summed E-state index contributed by atoms with van der Waals surface area (Å²) in [6.07, 6.45) is 1.36. The number of hydrogen-bond donors (Lipinski definition) is 1. The van der Waals surface area contributed by atoms with E-state index in [2.05, 4.69) is 18.9 Å². The standard InChI is InChI=1S/C12H22N4O2/c1-5-15-11(7-10(13)6-8(2)3)12(16(17)18)9(4)14-15/h8,10H,5-7,13H2,1-4H3. The van der Waals surface area contributed by atoms with Gasteiger partial charge in [0.15, 0.2) is 0 Å². The van der Waals surface area contributed by atoms with E-state index in [0.717, 1.165) is 6.42 Å². The van der Waals surface area contributed by atoms with Crippen molar-refractivity contribution in [2.45, 2.75) is 53.1 Å². The second kappa shape index (κ2) is 5.95. The van der Waals surface area contributed by atoms with Crippen LogP contribution in [0.25, 0.3) is 0 Å². The van der Waals surface area contributed by atoms with Gasteiger partial charge >= 0.3 is 5.69 Å². The first-order chi connectivity index (χ1) is 8.36. The zero-order valence-electron chi connectivity index (χ0n) is 11.5. The van der Waals surface area contributed by atoms with Gasteiger partial charge < -0.3 is 5.73 Å². The molecule has 0 aliphatic heterocycles. The first-order valence-corrected chi connectivity index (χ1v) is 6.33. The van der Waals surface area contributed by atoms with Gasteiger partial charge in [0.25, 0.3) is 0 Å². The van der Waals surface area contributed by atoms with Crippen molar-refractivity contribution >= 4 is 5.69 Å². The molecule has 1 rings (SSSR count). The fourth-order valence-corrected chi connectivity index (χ4v) is 2.26. The van der Waals surface area contributed by atoms with Crippen LogP contribution in [-0.2, 0) is 13.0 Å². The molecule has 1 aromatic rings. The van der Waals surface area contributed by atoms with E-state index in [9.17, 15) is 10.1 Å². The molecule has 102 valence electrons. The normalized spacial score (nSPS) is 13.0. The minimum absolute atomic E-state index is 0.0647. The van der Waals surface area contributed by atoms with Crippen LogP contribution < -0.4 is 5.73 Å². The molecule has 1 heterocycles. The van der Waals surface area contributed by atoms with Crippen molar-refractivity contribution in [2.24, 2.45) is 11.7 Å². The van der Waals surface area contributed by atoms with Crippen LogP contribution in [0.2, 0.25) is 0 Å². The number of nitro groups is 1. The third kappa shape index (κ3) is 3.29. The Labute approximate surface area is 107 Å². The third-order valence-electron chi connectivity index (χ3n) is 2.91. The van der Waals surface area contributed by atoms with Crippen molar-refractivity contribution in [2.75, 3.05) is 0 Å². The second-order valence-electron chi connectivity index (χ2n) is 5.05. The van der Waals surface area contributed by atoms with Gasteiger partial charge in [0.2, 0.25) is 0 Å². The Morgan fingerprint density at radius 1 is 1.50 bits per heavy atom. The van der Waals surface area contributed by atoms with E-state index >= 15 is 0 Å². The van der Waals surface area contributed by atoms with Crippen molar-refractivity contribution in [3.63, 3.8) is 0 Å². The highest BCUT2D eigenvalue weighted by molar-refractivity contribution is 5.41. The van der Waals surface area contributed by atoms with Gasteiger partial charge in [-0.3, -0.25) is 14.8 Å². The molecule has 1 atom stereocenters. The van der Waals surface area contributed by atoms with Crippen LogP contribution in [0.5, 0.6) is 0 Å². The Hall–Kier alpha value is -1.43. The van der Waals surface area contributed by atoms with E-state index in [1.54, 1.807) is 11.6 Å². The average molecular weight is 254 g/mol. The van der Waals surface area contributed by atoms with Crippen molar-refractivity contribution < 1.29 is 4.92 Å². The number of aryl methyl sites for hydroxylation is 2. The number of nitrogens with zero attached hydrogens (tertiary/aromatic N) is 3. The predicted molar refractivity (Wildman–Crippen MR) is 70.4 cm³/mol. The van der Waals surface area contributed by atoms with Crippen molar-refractivity contribution in [3.05, 3.63) is 21.5 Å². The summed E-state index contributed by atoms with van der Waals surface area (Å²) in [6.45, 7) is 8.40. The lowest BCUT2D eigenvalue weighted by Crippen LogP contribution is -2.26. The van der Waals surface area contributed by atoms with E-state index in [1.165, 1.54) is 0 Å². The maximum absolute atomic E-state index is 11.1. The van der Waals surface area contributed by atoms with Gasteiger partial charge in [0.05, 0.1) is 4.92 Å². The van der Waals surface area contributed by atoms with Gasteiger partial charge in [-0.05, 0) is 26.2 Å². The lowest BCUT2D eigenvalue weighted by Gasteiger charge is -2.14. The summed E-state index contributed by atoms with van der Waals surface area (Å²) >= 11 is 0. The quantitative estimate of drug-likeness (QED) is 0.621. The molecule has 0 aliphatic carbocycles. The van der Waals surface area contributed by atoms with Gasteiger partial charge in [-0.15, -0.1) is 0 Å². The van der Waals surface area contributed by atoms with Gasteiger partial charge in [-0.1, -0.05) is 13.8 Å².